The monoisotopic (exact) mass is 373 g/mol. The normalized spacial score (nSPS) is 11.9. The maximum absolute atomic E-state index is 12.7. The Bertz CT molecular complexity index is 1130. The smallest absolute Gasteiger partial charge is 0.744 e. The quantitative estimate of drug-likeness (QED) is 0.446. The first-order valence-corrected chi connectivity index (χ1v) is 8.66. The molecule has 0 bridgehead atoms. The number of aromatic nitrogens is 1. The summed E-state index contributed by atoms with van der Waals surface area (Å²) in [5.74, 6) is 0.144. The largest absolute Gasteiger partial charge is 1.00 e. The van der Waals surface area contributed by atoms with Crippen LogP contribution in [0.2, 0.25) is 0 Å². The molecule has 0 saturated heterocycles. The summed E-state index contributed by atoms with van der Waals surface area (Å²) in [4.78, 5) is 12.1. The average molecular weight is 373 g/mol. The van der Waals surface area contributed by atoms with Crippen molar-refractivity contribution in [2.45, 2.75) is 24.7 Å². The molecule has 0 aliphatic heterocycles. The van der Waals surface area contributed by atoms with Crippen LogP contribution in [0.4, 0.5) is 0 Å². The van der Waals surface area contributed by atoms with Crippen molar-refractivity contribution in [1.82, 2.24) is 4.57 Å². The average Bonchev–Trinajstić information content (AvgIpc) is 2.93. The van der Waals surface area contributed by atoms with Crippen molar-refractivity contribution in [1.29, 1.82) is 0 Å². The standard InChI is InChI=1S/C16H17NO6S.Na/c1-8(2)13-15(24(19,20)21)12-14(23-13)10-7-9(22-4)5-6-11(10)17(3)16(12)18;/h5-8H,1-4H3,(H,19,20,21);/q;+1/p-1. The molecule has 2 heterocycles. The number of rotatable bonds is 3. The molecule has 0 radical (unpaired) electrons. The molecule has 25 heavy (non-hydrogen) atoms. The van der Waals surface area contributed by atoms with Gasteiger partial charge in [-0.1, -0.05) is 13.8 Å². The Morgan fingerprint density at radius 3 is 2.44 bits per heavy atom. The van der Waals surface area contributed by atoms with Crippen LogP contribution in [-0.2, 0) is 17.2 Å². The van der Waals surface area contributed by atoms with Crippen LogP contribution in [0, 0.1) is 0 Å². The summed E-state index contributed by atoms with van der Waals surface area (Å²) in [6, 6.07) is 5.01. The fourth-order valence-corrected chi connectivity index (χ4v) is 3.79. The van der Waals surface area contributed by atoms with E-state index in [1.165, 1.54) is 18.7 Å². The van der Waals surface area contributed by atoms with E-state index >= 15 is 0 Å². The van der Waals surface area contributed by atoms with Gasteiger partial charge < -0.3 is 18.3 Å². The SMILES string of the molecule is COc1ccc2c(c1)c1oc(C(C)C)c(S(=O)(=O)[O-])c1c(=O)n2C.[Na+]. The van der Waals surface area contributed by atoms with Crippen molar-refractivity contribution >= 4 is 32.0 Å². The van der Waals surface area contributed by atoms with E-state index in [0.717, 1.165) is 0 Å². The number of nitrogens with zero attached hydrogens (tertiary/aromatic N) is 1. The molecule has 0 atom stereocenters. The van der Waals surface area contributed by atoms with Crippen LogP contribution in [0.1, 0.15) is 25.5 Å². The summed E-state index contributed by atoms with van der Waals surface area (Å²) in [5, 5.41) is 0.292. The Hall–Kier alpha value is -1.32. The molecule has 7 nitrogen and oxygen atoms in total. The van der Waals surface area contributed by atoms with E-state index in [1.807, 2.05) is 0 Å². The fourth-order valence-electron chi connectivity index (χ4n) is 2.84. The Morgan fingerprint density at radius 2 is 1.92 bits per heavy atom. The number of hydrogen-bond acceptors (Lipinski definition) is 6. The number of methoxy groups -OCH3 is 1. The Morgan fingerprint density at radius 1 is 1.28 bits per heavy atom. The van der Waals surface area contributed by atoms with Gasteiger partial charge >= 0.3 is 29.6 Å². The number of hydrogen-bond donors (Lipinski definition) is 0. The zero-order valence-corrected chi connectivity index (χ0v) is 17.4. The van der Waals surface area contributed by atoms with Crippen LogP contribution < -0.4 is 39.9 Å². The summed E-state index contributed by atoms with van der Waals surface area (Å²) < 4.78 is 47.5. The second-order valence-corrected chi connectivity index (χ2v) is 7.17. The van der Waals surface area contributed by atoms with E-state index in [1.54, 1.807) is 32.0 Å². The van der Waals surface area contributed by atoms with Gasteiger partial charge in [0.25, 0.3) is 5.56 Å². The number of fused-ring (bicyclic) bond motifs is 3. The van der Waals surface area contributed by atoms with E-state index in [4.69, 9.17) is 9.15 Å². The van der Waals surface area contributed by atoms with Crippen LogP contribution >= 0.6 is 0 Å². The molecule has 0 fully saturated rings. The summed E-state index contributed by atoms with van der Waals surface area (Å²) in [7, 11) is -1.86. The molecule has 3 aromatic rings. The second-order valence-electron chi connectivity index (χ2n) is 5.86. The molecule has 0 unspecified atom stereocenters. The van der Waals surface area contributed by atoms with Crippen LogP contribution in [0.15, 0.2) is 32.3 Å². The zero-order valence-electron chi connectivity index (χ0n) is 14.6. The molecule has 0 saturated carbocycles. The second kappa shape index (κ2) is 6.77. The van der Waals surface area contributed by atoms with Crippen molar-refractivity contribution in [2.75, 3.05) is 7.11 Å². The molecule has 3 rings (SSSR count). The maximum atomic E-state index is 12.7. The summed E-state index contributed by atoms with van der Waals surface area (Å²) in [5.41, 5.74) is 0.0464. The third-order valence-corrected chi connectivity index (χ3v) is 4.90. The van der Waals surface area contributed by atoms with Gasteiger partial charge in [0.05, 0.1) is 12.6 Å². The molecule has 0 amide bonds. The van der Waals surface area contributed by atoms with E-state index in [-0.39, 0.29) is 52.2 Å². The molecule has 128 valence electrons. The van der Waals surface area contributed by atoms with Crippen molar-refractivity contribution in [3.8, 4) is 5.75 Å². The third kappa shape index (κ3) is 3.13. The van der Waals surface area contributed by atoms with E-state index < -0.39 is 20.6 Å². The minimum absolute atomic E-state index is 0. The number of pyridine rings is 1. The van der Waals surface area contributed by atoms with Gasteiger partial charge in [-0.3, -0.25) is 4.79 Å². The maximum Gasteiger partial charge on any atom is 1.00 e. The van der Waals surface area contributed by atoms with E-state index in [0.29, 0.717) is 16.7 Å². The molecular weight excluding hydrogens is 357 g/mol. The van der Waals surface area contributed by atoms with Crippen molar-refractivity contribution in [2.24, 2.45) is 7.05 Å². The van der Waals surface area contributed by atoms with Gasteiger partial charge in [0.1, 0.15) is 31.9 Å². The van der Waals surface area contributed by atoms with Crippen LogP contribution in [-0.4, -0.2) is 24.6 Å². The number of benzene rings is 1. The Balaban J connectivity index is 0.00000225. The summed E-state index contributed by atoms with van der Waals surface area (Å²) in [6.45, 7) is 3.39. The number of ether oxygens (including phenoxy) is 1. The van der Waals surface area contributed by atoms with Crippen molar-refractivity contribution < 1.29 is 51.7 Å². The molecule has 0 aliphatic rings. The zero-order chi connectivity index (χ0) is 17.8. The van der Waals surface area contributed by atoms with Crippen LogP contribution in [0.3, 0.4) is 0 Å². The molecular formula is C16H16NNaO6S. The molecule has 0 aliphatic carbocycles. The van der Waals surface area contributed by atoms with Gasteiger partial charge in [0, 0.05) is 18.4 Å². The fraction of sp³-hybridized carbons (Fsp3) is 0.312. The first-order chi connectivity index (χ1) is 11.2. The van der Waals surface area contributed by atoms with Gasteiger partial charge in [0.2, 0.25) is 0 Å². The van der Waals surface area contributed by atoms with Crippen molar-refractivity contribution in [3.05, 3.63) is 34.3 Å². The summed E-state index contributed by atoms with van der Waals surface area (Å²) >= 11 is 0. The molecule has 2 aromatic heterocycles. The molecule has 9 heteroatoms. The van der Waals surface area contributed by atoms with Gasteiger partial charge in [-0.2, -0.15) is 0 Å². The minimum Gasteiger partial charge on any atom is -0.744 e. The first kappa shape index (κ1) is 20.0. The van der Waals surface area contributed by atoms with E-state index in [2.05, 4.69) is 0 Å². The van der Waals surface area contributed by atoms with Gasteiger partial charge in [-0.05, 0) is 18.2 Å². The van der Waals surface area contributed by atoms with Gasteiger partial charge in [-0.15, -0.1) is 0 Å². The Labute approximate surface area is 166 Å². The predicted molar refractivity (Wildman–Crippen MR) is 87.6 cm³/mol. The molecule has 0 N–H and O–H groups in total. The van der Waals surface area contributed by atoms with Crippen LogP contribution in [0.5, 0.6) is 5.75 Å². The third-order valence-electron chi connectivity index (χ3n) is 3.99. The number of furan rings is 1. The van der Waals surface area contributed by atoms with E-state index in [9.17, 15) is 17.8 Å². The topological polar surface area (TPSA) is 102 Å². The summed E-state index contributed by atoms with van der Waals surface area (Å²) in [6.07, 6.45) is 0. The van der Waals surface area contributed by atoms with Gasteiger partial charge in [0.15, 0.2) is 5.58 Å². The predicted octanol–water partition coefficient (Wildman–Crippen LogP) is -0.675. The first-order valence-electron chi connectivity index (χ1n) is 7.25. The molecule has 0 spiro atoms. The minimum atomic E-state index is -4.87. The van der Waals surface area contributed by atoms with Crippen LogP contribution in [0.25, 0.3) is 21.9 Å². The Kier molecular flexibility index (Phi) is 5.42. The molecule has 1 aromatic carbocycles. The number of aryl methyl sites for hydroxylation is 1. The van der Waals surface area contributed by atoms with Crippen molar-refractivity contribution in [3.63, 3.8) is 0 Å². The van der Waals surface area contributed by atoms with Gasteiger partial charge in [-0.25, -0.2) is 8.42 Å².